The third-order valence-electron chi connectivity index (χ3n) is 6.25. The minimum Gasteiger partial charge on any atom is -0.465 e. The SMILES string of the molecule is CCC(C)(C)C(=O)OCCC(=O)OC12CCC(C)(C(=O)O1)C2(C)C. The molecular weight excluding hydrogens is 312 g/mol. The first-order valence-corrected chi connectivity index (χ1v) is 8.54. The smallest absolute Gasteiger partial charge is 0.315 e. The average Bonchev–Trinajstić information content (AvgIpc) is 2.76. The number of fused-ring (bicyclic) bond motifs is 2. The van der Waals surface area contributed by atoms with Gasteiger partial charge in [0.05, 0.1) is 22.7 Å². The monoisotopic (exact) mass is 340 g/mol. The summed E-state index contributed by atoms with van der Waals surface area (Å²) in [6.07, 6.45) is 1.72. The molecule has 1 saturated heterocycles. The molecule has 1 aliphatic carbocycles. The molecular formula is C18H28O6. The molecule has 1 heterocycles. The van der Waals surface area contributed by atoms with Crippen LogP contribution in [0.15, 0.2) is 0 Å². The molecule has 2 aliphatic rings. The van der Waals surface area contributed by atoms with E-state index in [-0.39, 0.29) is 25.0 Å². The van der Waals surface area contributed by atoms with Crippen LogP contribution < -0.4 is 0 Å². The predicted molar refractivity (Wildman–Crippen MR) is 85.7 cm³/mol. The van der Waals surface area contributed by atoms with Crippen LogP contribution in [0.5, 0.6) is 0 Å². The molecule has 0 spiro atoms. The second-order valence-corrected chi connectivity index (χ2v) is 8.20. The maximum absolute atomic E-state index is 12.2. The van der Waals surface area contributed by atoms with Crippen molar-refractivity contribution in [3.05, 3.63) is 0 Å². The van der Waals surface area contributed by atoms with Gasteiger partial charge in [-0.05, 0) is 33.6 Å². The Morgan fingerprint density at radius 1 is 1.21 bits per heavy atom. The molecule has 0 N–H and O–H groups in total. The highest BCUT2D eigenvalue weighted by Gasteiger charge is 2.75. The van der Waals surface area contributed by atoms with Crippen LogP contribution in [-0.2, 0) is 28.6 Å². The highest BCUT2D eigenvalue weighted by molar-refractivity contribution is 5.83. The van der Waals surface area contributed by atoms with Crippen molar-refractivity contribution >= 4 is 17.9 Å². The Bertz CT molecular complexity index is 564. The number of hydrogen-bond acceptors (Lipinski definition) is 6. The van der Waals surface area contributed by atoms with Crippen LogP contribution in [0.2, 0.25) is 0 Å². The van der Waals surface area contributed by atoms with Gasteiger partial charge in [-0.15, -0.1) is 0 Å². The van der Waals surface area contributed by atoms with Crippen LogP contribution in [0.3, 0.4) is 0 Å². The van der Waals surface area contributed by atoms with Gasteiger partial charge in [-0.1, -0.05) is 20.8 Å². The number of carbonyl (C=O) groups excluding carboxylic acids is 3. The summed E-state index contributed by atoms with van der Waals surface area (Å²) in [6, 6.07) is 0. The molecule has 2 unspecified atom stereocenters. The first-order valence-electron chi connectivity index (χ1n) is 8.54. The van der Waals surface area contributed by atoms with Crippen molar-refractivity contribution in [1.29, 1.82) is 0 Å². The summed E-state index contributed by atoms with van der Waals surface area (Å²) in [5.41, 5.74) is -1.79. The molecule has 2 bridgehead atoms. The number of esters is 3. The summed E-state index contributed by atoms with van der Waals surface area (Å²) in [4.78, 5) is 36.2. The molecule has 6 nitrogen and oxygen atoms in total. The third kappa shape index (κ3) is 2.60. The van der Waals surface area contributed by atoms with Gasteiger partial charge < -0.3 is 14.2 Å². The second-order valence-electron chi connectivity index (χ2n) is 8.20. The van der Waals surface area contributed by atoms with Crippen LogP contribution in [0.1, 0.15) is 67.2 Å². The second kappa shape index (κ2) is 5.74. The minimum atomic E-state index is -1.21. The normalized spacial score (nSPS) is 30.8. The first-order chi connectivity index (χ1) is 10.9. The topological polar surface area (TPSA) is 78.9 Å². The molecule has 1 saturated carbocycles. The average molecular weight is 340 g/mol. The van der Waals surface area contributed by atoms with Gasteiger partial charge in [0.15, 0.2) is 0 Å². The Morgan fingerprint density at radius 3 is 2.29 bits per heavy atom. The Morgan fingerprint density at radius 2 is 1.83 bits per heavy atom. The Kier molecular flexibility index (Phi) is 4.48. The number of carbonyl (C=O) groups is 3. The summed E-state index contributed by atoms with van der Waals surface area (Å²) in [6.45, 7) is 11.1. The highest BCUT2D eigenvalue weighted by atomic mass is 16.7. The van der Waals surface area contributed by atoms with E-state index in [1.165, 1.54) is 0 Å². The maximum atomic E-state index is 12.2. The molecule has 1 aliphatic heterocycles. The van der Waals surface area contributed by atoms with Crippen LogP contribution >= 0.6 is 0 Å². The molecule has 0 aromatic heterocycles. The lowest BCUT2D eigenvalue weighted by atomic mass is 9.69. The van der Waals surface area contributed by atoms with E-state index >= 15 is 0 Å². The van der Waals surface area contributed by atoms with Gasteiger partial charge in [-0.25, -0.2) is 0 Å². The molecule has 0 amide bonds. The fraction of sp³-hybridized carbons (Fsp3) is 0.833. The van der Waals surface area contributed by atoms with E-state index in [1.54, 1.807) is 13.8 Å². The van der Waals surface area contributed by atoms with Crippen LogP contribution in [-0.4, -0.2) is 30.3 Å². The van der Waals surface area contributed by atoms with Crippen molar-refractivity contribution in [2.75, 3.05) is 6.61 Å². The van der Waals surface area contributed by atoms with Crippen LogP contribution in [0, 0.1) is 16.2 Å². The molecule has 2 rings (SSSR count). The number of ether oxygens (including phenoxy) is 3. The van der Waals surface area contributed by atoms with Gasteiger partial charge >= 0.3 is 17.9 Å². The summed E-state index contributed by atoms with van der Waals surface area (Å²) in [5, 5.41) is 0. The van der Waals surface area contributed by atoms with Crippen molar-refractivity contribution in [3.63, 3.8) is 0 Å². The molecule has 2 fully saturated rings. The standard InChI is InChI=1S/C18H28O6/c1-7-15(2,3)13(20)22-11-8-12(19)23-18-10-9-17(6,14(21)24-18)16(18,4)5/h7-11H2,1-6H3. The van der Waals surface area contributed by atoms with E-state index in [2.05, 4.69) is 0 Å². The van der Waals surface area contributed by atoms with Gasteiger partial charge in [0.1, 0.15) is 6.61 Å². The summed E-state index contributed by atoms with van der Waals surface area (Å²) in [7, 11) is 0. The Balaban J connectivity index is 1.92. The zero-order valence-corrected chi connectivity index (χ0v) is 15.5. The molecule has 2 atom stereocenters. The van der Waals surface area contributed by atoms with Crippen molar-refractivity contribution in [3.8, 4) is 0 Å². The van der Waals surface area contributed by atoms with E-state index in [1.807, 2.05) is 27.7 Å². The summed E-state index contributed by atoms with van der Waals surface area (Å²) < 4.78 is 16.2. The fourth-order valence-electron chi connectivity index (χ4n) is 3.26. The van der Waals surface area contributed by atoms with Crippen molar-refractivity contribution < 1.29 is 28.6 Å². The molecule has 24 heavy (non-hydrogen) atoms. The van der Waals surface area contributed by atoms with E-state index in [9.17, 15) is 14.4 Å². The molecule has 136 valence electrons. The van der Waals surface area contributed by atoms with Crippen LogP contribution in [0.4, 0.5) is 0 Å². The lowest BCUT2D eigenvalue weighted by Gasteiger charge is -2.35. The van der Waals surface area contributed by atoms with Crippen molar-refractivity contribution in [2.24, 2.45) is 16.2 Å². The largest absolute Gasteiger partial charge is 0.465 e. The zero-order chi connectivity index (χ0) is 18.4. The lowest BCUT2D eigenvalue weighted by molar-refractivity contribution is -0.238. The van der Waals surface area contributed by atoms with Gasteiger partial charge in [0.2, 0.25) is 0 Å². The van der Waals surface area contributed by atoms with E-state index in [4.69, 9.17) is 14.2 Å². The fourth-order valence-corrected chi connectivity index (χ4v) is 3.26. The predicted octanol–water partition coefficient (Wildman–Crippen LogP) is 2.98. The molecule has 0 aromatic rings. The third-order valence-corrected chi connectivity index (χ3v) is 6.25. The minimum absolute atomic E-state index is 0.0389. The Labute approximate surface area is 143 Å². The molecule has 6 heteroatoms. The number of hydrogen-bond donors (Lipinski definition) is 0. The van der Waals surface area contributed by atoms with Crippen molar-refractivity contribution in [2.45, 2.75) is 73.0 Å². The van der Waals surface area contributed by atoms with Gasteiger partial charge in [-0.2, -0.15) is 0 Å². The molecule has 0 radical (unpaired) electrons. The van der Waals surface area contributed by atoms with E-state index in [0.717, 1.165) is 0 Å². The Hall–Kier alpha value is -1.59. The van der Waals surface area contributed by atoms with Gasteiger partial charge in [0, 0.05) is 6.42 Å². The first kappa shape index (κ1) is 18.7. The number of rotatable bonds is 6. The van der Waals surface area contributed by atoms with Crippen molar-refractivity contribution in [1.82, 2.24) is 0 Å². The van der Waals surface area contributed by atoms with Crippen LogP contribution in [0.25, 0.3) is 0 Å². The van der Waals surface area contributed by atoms with E-state index in [0.29, 0.717) is 19.3 Å². The quantitative estimate of drug-likeness (QED) is 0.692. The highest BCUT2D eigenvalue weighted by Crippen LogP contribution is 2.65. The zero-order valence-electron chi connectivity index (χ0n) is 15.5. The lowest BCUT2D eigenvalue weighted by Crippen LogP contribution is -2.45. The molecule has 0 aromatic carbocycles. The summed E-state index contributed by atoms with van der Waals surface area (Å²) >= 11 is 0. The summed E-state index contributed by atoms with van der Waals surface area (Å²) in [5.74, 6) is -2.38. The maximum Gasteiger partial charge on any atom is 0.315 e. The van der Waals surface area contributed by atoms with Gasteiger partial charge in [0.25, 0.3) is 5.79 Å². The van der Waals surface area contributed by atoms with E-state index < -0.39 is 28.0 Å². The van der Waals surface area contributed by atoms with Gasteiger partial charge in [-0.3, -0.25) is 14.4 Å².